The molecule has 84 valence electrons. The fourth-order valence-corrected chi connectivity index (χ4v) is 3.02. The third-order valence-electron chi connectivity index (χ3n) is 2.89. The summed E-state index contributed by atoms with van der Waals surface area (Å²) in [7, 11) is 0. The number of hydrogen-bond acceptors (Lipinski definition) is 3. The van der Waals surface area contributed by atoms with Crippen LogP contribution in [-0.2, 0) is 12.3 Å². The zero-order valence-electron chi connectivity index (χ0n) is 9.08. The molecule has 4 heteroatoms. The highest BCUT2D eigenvalue weighted by molar-refractivity contribution is 7.09. The number of alkyl halides is 1. The van der Waals surface area contributed by atoms with Gasteiger partial charge in [-0.3, -0.25) is 0 Å². The molecule has 1 aliphatic heterocycles. The standard InChI is InChI=1S/C11H17ClN2S/c1-9-2-4-14(7-9)5-3-11-13-10(6-12)8-15-11/h8-9H,2-7H2,1H3. The van der Waals surface area contributed by atoms with E-state index >= 15 is 0 Å². The summed E-state index contributed by atoms with van der Waals surface area (Å²) in [6, 6.07) is 0. The van der Waals surface area contributed by atoms with Crippen molar-refractivity contribution in [2.75, 3.05) is 19.6 Å². The molecule has 0 N–H and O–H groups in total. The van der Waals surface area contributed by atoms with E-state index < -0.39 is 0 Å². The van der Waals surface area contributed by atoms with Crippen LogP contribution >= 0.6 is 22.9 Å². The highest BCUT2D eigenvalue weighted by atomic mass is 35.5. The first-order valence-electron chi connectivity index (χ1n) is 5.49. The SMILES string of the molecule is CC1CCN(CCc2nc(CCl)cs2)C1. The number of aromatic nitrogens is 1. The smallest absolute Gasteiger partial charge is 0.0941 e. The van der Waals surface area contributed by atoms with E-state index in [1.54, 1.807) is 11.3 Å². The Morgan fingerprint density at radius 2 is 2.53 bits per heavy atom. The van der Waals surface area contributed by atoms with Crippen LogP contribution in [0.1, 0.15) is 24.0 Å². The van der Waals surface area contributed by atoms with E-state index in [2.05, 4.69) is 22.2 Å². The second-order valence-electron chi connectivity index (χ2n) is 4.31. The van der Waals surface area contributed by atoms with Gasteiger partial charge in [0.25, 0.3) is 0 Å². The maximum absolute atomic E-state index is 5.72. The van der Waals surface area contributed by atoms with Gasteiger partial charge in [-0.2, -0.15) is 0 Å². The molecule has 0 spiro atoms. The first-order valence-corrected chi connectivity index (χ1v) is 6.91. The van der Waals surface area contributed by atoms with Gasteiger partial charge < -0.3 is 4.90 Å². The van der Waals surface area contributed by atoms with Gasteiger partial charge in [-0.15, -0.1) is 22.9 Å². The molecule has 1 atom stereocenters. The van der Waals surface area contributed by atoms with Crippen molar-refractivity contribution in [1.29, 1.82) is 0 Å². The molecule has 0 amide bonds. The van der Waals surface area contributed by atoms with E-state index in [0.717, 1.165) is 24.6 Å². The first kappa shape index (κ1) is 11.4. The van der Waals surface area contributed by atoms with E-state index in [-0.39, 0.29) is 0 Å². The average Bonchev–Trinajstić information content (AvgIpc) is 2.83. The van der Waals surface area contributed by atoms with Crippen molar-refractivity contribution in [3.05, 3.63) is 16.1 Å². The zero-order valence-corrected chi connectivity index (χ0v) is 10.7. The molecular formula is C11H17ClN2S. The van der Waals surface area contributed by atoms with Crippen LogP contribution in [-0.4, -0.2) is 29.5 Å². The fraction of sp³-hybridized carbons (Fsp3) is 0.727. The molecule has 0 saturated carbocycles. The molecule has 1 fully saturated rings. The summed E-state index contributed by atoms with van der Waals surface area (Å²) < 4.78 is 0. The van der Waals surface area contributed by atoms with Crippen molar-refractivity contribution in [1.82, 2.24) is 9.88 Å². The third-order valence-corrected chi connectivity index (χ3v) is 4.12. The van der Waals surface area contributed by atoms with E-state index in [1.807, 2.05) is 0 Å². The van der Waals surface area contributed by atoms with Gasteiger partial charge in [0.2, 0.25) is 0 Å². The van der Waals surface area contributed by atoms with Crippen molar-refractivity contribution in [3.8, 4) is 0 Å². The molecule has 0 aliphatic carbocycles. The Bertz CT molecular complexity index is 313. The van der Waals surface area contributed by atoms with Crippen LogP contribution in [0.5, 0.6) is 0 Å². The quantitative estimate of drug-likeness (QED) is 0.758. The lowest BCUT2D eigenvalue weighted by atomic mass is 10.2. The molecule has 1 aromatic rings. The lowest BCUT2D eigenvalue weighted by Crippen LogP contribution is -2.22. The van der Waals surface area contributed by atoms with Gasteiger partial charge in [-0.25, -0.2) is 4.98 Å². The number of nitrogens with zero attached hydrogens (tertiary/aromatic N) is 2. The number of thiazole rings is 1. The summed E-state index contributed by atoms with van der Waals surface area (Å²) in [6.45, 7) is 6.00. The van der Waals surface area contributed by atoms with Crippen molar-refractivity contribution in [2.24, 2.45) is 5.92 Å². The van der Waals surface area contributed by atoms with E-state index in [0.29, 0.717) is 5.88 Å². The molecule has 1 aromatic heterocycles. The summed E-state index contributed by atoms with van der Waals surface area (Å²) in [4.78, 5) is 7.00. The van der Waals surface area contributed by atoms with Crippen LogP contribution < -0.4 is 0 Å². The zero-order chi connectivity index (χ0) is 10.7. The Hall–Kier alpha value is -0.120. The largest absolute Gasteiger partial charge is 0.303 e. The summed E-state index contributed by atoms with van der Waals surface area (Å²) in [5.74, 6) is 1.41. The normalized spacial score (nSPS) is 22.4. The summed E-state index contributed by atoms with van der Waals surface area (Å²) in [6.07, 6.45) is 2.43. The molecule has 1 saturated heterocycles. The molecule has 0 aromatic carbocycles. The average molecular weight is 245 g/mol. The molecule has 2 heterocycles. The second kappa shape index (κ2) is 5.28. The van der Waals surface area contributed by atoms with E-state index in [4.69, 9.17) is 11.6 Å². The van der Waals surface area contributed by atoms with Crippen LogP contribution in [0.3, 0.4) is 0 Å². The van der Waals surface area contributed by atoms with Gasteiger partial charge in [0.05, 0.1) is 16.6 Å². The lowest BCUT2D eigenvalue weighted by molar-refractivity contribution is 0.332. The fourth-order valence-electron chi connectivity index (χ4n) is 2.01. The van der Waals surface area contributed by atoms with Gasteiger partial charge >= 0.3 is 0 Å². The van der Waals surface area contributed by atoms with Gasteiger partial charge in [0, 0.05) is 24.9 Å². The Labute approximate surface area is 100 Å². The van der Waals surface area contributed by atoms with Gasteiger partial charge in [0.15, 0.2) is 0 Å². The molecule has 15 heavy (non-hydrogen) atoms. The van der Waals surface area contributed by atoms with Gasteiger partial charge in [-0.05, 0) is 18.9 Å². The van der Waals surface area contributed by atoms with Gasteiger partial charge in [-0.1, -0.05) is 6.92 Å². The highest BCUT2D eigenvalue weighted by Gasteiger charge is 2.18. The van der Waals surface area contributed by atoms with Crippen LogP contribution in [0, 0.1) is 5.92 Å². The third kappa shape index (κ3) is 3.16. The number of likely N-dealkylation sites (tertiary alicyclic amines) is 1. The second-order valence-corrected chi connectivity index (χ2v) is 5.52. The molecule has 0 bridgehead atoms. The van der Waals surface area contributed by atoms with Gasteiger partial charge in [0.1, 0.15) is 0 Å². The Morgan fingerprint density at radius 3 is 3.13 bits per heavy atom. The number of hydrogen-bond donors (Lipinski definition) is 0. The Balaban J connectivity index is 1.77. The minimum Gasteiger partial charge on any atom is -0.303 e. The van der Waals surface area contributed by atoms with E-state index in [1.165, 1.54) is 24.5 Å². The molecule has 2 nitrogen and oxygen atoms in total. The lowest BCUT2D eigenvalue weighted by Gasteiger charge is -2.13. The highest BCUT2D eigenvalue weighted by Crippen LogP contribution is 2.17. The number of rotatable bonds is 4. The Kier molecular flexibility index (Phi) is 4.00. The van der Waals surface area contributed by atoms with Crippen molar-refractivity contribution < 1.29 is 0 Å². The maximum Gasteiger partial charge on any atom is 0.0941 e. The predicted octanol–water partition coefficient (Wildman–Crippen LogP) is 2.77. The summed E-state index contributed by atoms with van der Waals surface area (Å²) in [5, 5.41) is 3.29. The summed E-state index contributed by atoms with van der Waals surface area (Å²) in [5.41, 5.74) is 1.02. The Morgan fingerprint density at radius 1 is 1.67 bits per heavy atom. The van der Waals surface area contributed by atoms with Crippen LogP contribution in [0.15, 0.2) is 5.38 Å². The first-order chi connectivity index (χ1) is 7.28. The van der Waals surface area contributed by atoms with E-state index in [9.17, 15) is 0 Å². The minimum absolute atomic E-state index is 0.539. The number of halogens is 1. The molecule has 1 aliphatic rings. The van der Waals surface area contributed by atoms with Crippen LogP contribution in [0.2, 0.25) is 0 Å². The van der Waals surface area contributed by atoms with Crippen molar-refractivity contribution in [2.45, 2.75) is 25.6 Å². The molecule has 2 rings (SSSR count). The monoisotopic (exact) mass is 244 g/mol. The molecule has 1 unspecified atom stereocenters. The van der Waals surface area contributed by atoms with Crippen LogP contribution in [0.25, 0.3) is 0 Å². The topological polar surface area (TPSA) is 16.1 Å². The minimum atomic E-state index is 0.539. The summed E-state index contributed by atoms with van der Waals surface area (Å²) >= 11 is 7.46. The van der Waals surface area contributed by atoms with Crippen LogP contribution in [0.4, 0.5) is 0 Å². The maximum atomic E-state index is 5.72. The van der Waals surface area contributed by atoms with Crippen molar-refractivity contribution >= 4 is 22.9 Å². The molecular weight excluding hydrogens is 228 g/mol. The molecule has 0 radical (unpaired) electrons. The van der Waals surface area contributed by atoms with Crippen molar-refractivity contribution in [3.63, 3.8) is 0 Å². The predicted molar refractivity (Wildman–Crippen MR) is 65.6 cm³/mol.